The summed E-state index contributed by atoms with van der Waals surface area (Å²) in [5.41, 5.74) is 2.27. The van der Waals surface area contributed by atoms with E-state index in [4.69, 9.17) is 11.6 Å². The summed E-state index contributed by atoms with van der Waals surface area (Å²) in [6.45, 7) is 2.17. The molecular formula is C16H18ClN3OS. The highest BCUT2D eigenvalue weighted by Gasteiger charge is 2.13. The molecule has 2 rings (SSSR count). The van der Waals surface area contributed by atoms with E-state index in [1.807, 2.05) is 30.5 Å². The van der Waals surface area contributed by atoms with E-state index in [0.717, 1.165) is 12.1 Å². The average Bonchev–Trinajstić information content (AvgIpc) is 2.53. The number of halogens is 1. The largest absolute Gasteiger partial charge is 0.322 e. The number of thioether (sulfide) groups is 1. The summed E-state index contributed by atoms with van der Waals surface area (Å²) in [6, 6.07) is 7.85. The minimum atomic E-state index is -0.307. The topological polar surface area (TPSA) is 54.9 Å². The smallest absolute Gasteiger partial charge is 0.260 e. The van der Waals surface area contributed by atoms with Crippen LogP contribution in [0.5, 0.6) is 0 Å². The fourth-order valence-electron chi connectivity index (χ4n) is 1.93. The summed E-state index contributed by atoms with van der Waals surface area (Å²) < 4.78 is 0. The lowest BCUT2D eigenvalue weighted by Crippen LogP contribution is -2.13. The molecule has 1 amide bonds. The van der Waals surface area contributed by atoms with Crippen LogP contribution in [0.2, 0.25) is 5.15 Å². The van der Waals surface area contributed by atoms with Crippen LogP contribution in [-0.4, -0.2) is 22.1 Å². The van der Waals surface area contributed by atoms with Gasteiger partial charge >= 0.3 is 0 Å². The molecule has 0 saturated carbocycles. The molecule has 0 spiro atoms. The quantitative estimate of drug-likeness (QED) is 0.481. The number of amides is 1. The van der Waals surface area contributed by atoms with Crippen LogP contribution in [0.3, 0.4) is 0 Å². The van der Waals surface area contributed by atoms with Crippen LogP contribution in [0.15, 0.2) is 35.6 Å². The number of anilines is 1. The first kappa shape index (κ1) is 16.8. The normalized spacial score (nSPS) is 10.5. The molecule has 0 aliphatic carbocycles. The van der Waals surface area contributed by atoms with Crippen LogP contribution in [0.4, 0.5) is 5.69 Å². The van der Waals surface area contributed by atoms with Gasteiger partial charge in [0, 0.05) is 11.9 Å². The molecule has 0 fully saturated rings. The van der Waals surface area contributed by atoms with E-state index in [-0.39, 0.29) is 16.6 Å². The number of hydrogen-bond acceptors (Lipinski definition) is 4. The molecule has 1 aromatic heterocycles. The molecule has 6 heteroatoms. The Kier molecular flexibility index (Phi) is 6.21. The third-order valence-electron chi connectivity index (χ3n) is 3.18. The third kappa shape index (κ3) is 4.45. The zero-order valence-electron chi connectivity index (χ0n) is 12.6. The third-order valence-corrected chi connectivity index (χ3v) is 4.03. The molecule has 0 radical (unpaired) electrons. The first-order valence-electron chi connectivity index (χ1n) is 7.11. The summed E-state index contributed by atoms with van der Waals surface area (Å²) in [6.07, 6.45) is 6.70. The van der Waals surface area contributed by atoms with Crippen molar-refractivity contribution in [3.8, 4) is 0 Å². The predicted molar refractivity (Wildman–Crippen MR) is 91.8 cm³/mol. The first-order chi connectivity index (χ1) is 10.6. The maximum atomic E-state index is 12.2. The number of carbonyl (C=O) groups excluding carboxylic acids is 1. The first-order valence-corrected chi connectivity index (χ1v) is 8.71. The molecule has 4 nitrogen and oxygen atoms in total. The molecule has 0 unspecified atom stereocenters. The van der Waals surface area contributed by atoms with Crippen molar-refractivity contribution in [2.75, 3.05) is 11.6 Å². The van der Waals surface area contributed by atoms with Crippen molar-refractivity contribution in [2.24, 2.45) is 0 Å². The lowest BCUT2D eigenvalue weighted by molar-refractivity contribution is 0.102. The lowest BCUT2D eigenvalue weighted by atomic mass is 10.1. The molecule has 2 aromatic rings. The summed E-state index contributed by atoms with van der Waals surface area (Å²) in [4.78, 5) is 20.3. The Balaban J connectivity index is 2.05. The maximum absolute atomic E-state index is 12.2. The van der Waals surface area contributed by atoms with Gasteiger partial charge < -0.3 is 5.32 Å². The van der Waals surface area contributed by atoms with Crippen molar-refractivity contribution in [1.29, 1.82) is 0 Å². The van der Waals surface area contributed by atoms with E-state index < -0.39 is 0 Å². The molecule has 0 aliphatic heterocycles. The maximum Gasteiger partial charge on any atom is 0.260 e. The number of rotatable bonds is 6. The van der Waals surface area contributed by atoms with Gasteiger partial charge in [0.2, 0.25) is 0 Å². The zero-order valence-corrected chi connectivity index (χ0v) is 14.2. The summed E-state index contributed by atoms with van der Waals surface area (Å²) in [5.74, 6) is -0.307. The molecule has 1 aromatic carbocycles. The van der Waals surface area contributed by atoms with Crippen LogP contribution in [-0.2, 0) is 6.42 Å². The highest BCUT2D eigenvalue weighted by Crippen LogP contribution is 2.18. The van der Waals surface area contributed by atoms with Gasteiger partial charge in [-0.05, 0) is 36.8 Å². The molecule has 0 bridgehead atoms. The van der Waals surface area contributed by atoms with Gasteiger partial charge in [-0.1, -0.05) is 48.8 Å². The monoisotopic (exact) mass is 335 g/mol. The SMILES string of the molecule is CCCCc1ccc(NC(=O)c2cnc(SC)nc2Cl)cc1. The van der Waals surface area contributed by atoms with Gasteiger partial charge in [-0.2, -0.15) is 0 Å². The van der Waals surface area contributed by atoms with E-state index in [0.29, 0.717) is 5.16 Å². The Morgan fingerprint density at radius 2 is 2.05 bits per heavy atom. The van der Waals surface area contributed by atoms with Crippen molar-refractivity contribution in [2.45, 2.75) is 31.3 Å². The van der Waals surface area contributed by atoms with Crippen LogP contribution in [0.1, 0.15) is 35.7 Å². The van der Waals surface area contributed by atoms with E-state index in [2.05, 4.69) is 22.2 Å². The van der Waals surface area contributed by atoms with Crippen molar-refractivity contribution >= 4 is 35.0 Å². The minimum Gasteiger partial charge on any atom is -0.322 e. The number of unbranched alkanes of at least 4 members (excludes halogenated alkanes) is 1. The fraction of sp³-hybridized carbons (Fsp3) is 0.312. The van der Waals surface area contributed by atoms with Crippen molar-refractivity contribution in [3.63, 3.8) is 0 Å². The van der Waals surface area contributed by atoms with Gasteiger partial charge in [-0.3, -0.25) is 4.79 Å². The van der Waals surface area contributed by atoms with Gasteiger partial charge in [0.1, 0.15) is 5.15 Å². The molecule has 0 atom stereocenters. The molecule has 116 valence electrons. The molecular weight excluding hydrogens is 318 g/mol. The minimum absolute atomic E-state index is 0.163. The van der Waals surface area contributed by atoms with Crippen molar-refractivity contribution in [3.05, 3.63) is 46.7 Å². The Morgan fingerprint density at radius 1 is 1.32 bits per heavy atom. The number of nitrogens with zero attached hydrogens (tertiary/aromatic N) is 2. The van der Waals surface area contributed by atoms with Gasteiger partial charge in [0.15, 0.2) is 5.16 Å². The van der Waals surface area contributed by atoms with Gasteiger partial charge in [-0.25, -0.2) is 9.97 Å². The van der Waals surface area contributed by atoms with Crippen LogP contribution >= 0.6 is 23.4 Å². The molecule has 1 N–H and O–H groups in total. The van der Waals surface area contributed by atoms with Crippen molar-refractivity contribution in [1.82, 2.24) is 9.97 Å². The van der Waals surface area contributed by atoms with E-state index in [1.54, 1.807) is 0 Å². The molecule has 0 saturated heterocycles. The highest BCUT2D eigenvalue weighted by molar-refractivity contribution is 7.98. The Hall–Kier alpha value is -1.59. The van der Waals surface area contributed by atoms with Crippen LogP contribution < -0.4 is 5.32 Å². The van der Waals surface area contributed by atoms with E-state index in [1.165, 1.54) is 36.4 Å². The lowest BCUT2D eigenvalue weighted by Gasteiger charge is -2.07. The Labute approximate surface area is 139 Å². The number of aryl methyl sites for hydroxylation is 1. The van der Waals surface area contributed by atoms with Gasteiger partial charge in [-0.15, -0.1) is 0 Å². The summed E-state index contributed by atoms with van der Waals surface area (Å²) in [7, 11) is 0. The highest BCUT2D eigenvalue weighted by atomic mass is 35.5. The standard InChI is InChI=1S/C16H18ClN3OS/c1-3-4-5-11-6-8-12(9-7-11)19-15(21)13-10-18-16(22-2)20-14(13)17/h6-10H,3-5H2,1-2H3,(H,19,21). The van der Waals surface area contributed by atoms with Crippen LogP contribution in [0, 0.1) is 0 Å². The summed E-state index contributed by atoms with van der Waals surface area (Å²) in [5, 5.41) is 3.52. The van der Waals surface area contributed by atoms with E-state index >= 15 is 0 Å². The number of aromatic nitrogens is 2. The number of nitrogens with one attached hydrogen (secondary N) is 1. The molecule has 22 heavy (non-hydrogen) atoms. The number of hydrogen-bond donors (Lipinski definition) is 1. The second-order valence-corrected chi connectivity index (χ2v) is 5.95. The van der Waals surface area contributed by atoms with E-state index in [9.17, 15) is 4.79 Å². The fourth-order valence-corrected chi connectivity index (χ4v) is 2.54. The number of benzene rings is 1. The average molecular weight is 336 g/mol. The number of carbonyl (C=O) groups is 1. The molecule has 0 aliphatic rings. The second kappa shape index (κ2) is 8.15. The van der Waals surface area contributed by atoms with Crippen LogP contribution in [0.25, 0.3) is 0 Å². The summed E-state index contributed by atoms with van der Waals surface area (Å²) >= 11 is 7.40. The zero-order chi connectivity index (χ0) is 15.9. The Bertz CT molecular complexity index is 646. The Morgan fingerprint density at radius 3 is 2.64 bits per heavy atom. The second-order valence-electron chi connectivity index (χ2n) is 4.82. The van der Waals surface area contributed by atoms with Crippen molar-refractivity contribution < 1.29 is 4.79 Å². The van der Waals surface area contributed by atoms with Gasteiger partial charge in [0.25, 0.3) is 5.91 Å². The van der Waals surface area contributed by atoms with Gasteiger partial charge in [0.05, 0.1) is 5.56 Å². The molecule has 1 heterocycles. The predicted octanol–water partition coefficient (Wildman–Crippen LogP) is 4.45.